The van der Waals surface area contributed by atoms with Crippen LogP contribution in [0.4, 0.5) is 0 Å². The second-order valence-corrected chi connectivity index (χ2v) is 3.80. The predicted molar refractivity (Wildman–Crippen MR) is 57.2 cm³/mol. The summed E-state index contributed by atoms with van der Waals surface area (Å²) in [5.41, 5.74) is 0.376. The first-order chi connectivity index (χ1) is 7.06. The molecule has 2 rings (SSSR count). The van der Waals surface area contributed by atoms with Crippen molar-refractivity contribution in [3.63, 3.8) is 0 Å². The third-order valence-electron chi connectivity index (χ3n) is 1.87. The van der Waals surface area contributed by atoms with E-state index in [9.17, 15) is 5.11 Å². The number of fused-ring (bicyclic) bond motifs is 1. The van der Waals surface area contributed by atoms with Crippen LogP contribution in [0.15, 0.2) is 29.0 Å². The molecule has 0 aliphatic carbocycles. The molecule has 0 aliphatic heterocycles. The van der Waals surface area contributed by atoms with Crippen LogP contribution in [0.5, 0.6) is 0 Å². The molecule has 0 amide bonds. The molecular weight excluding hydrogens is 190 g/mol. The first-order valence-electron chi connectivity index (χ1n) is 4.64. The van der Waals surface area contributed by atoms with Crippen LogP contribution < -0.4 is 0 Å². The van der Waals surface area contributed by atoms with Gasteiger partial charge < -0.3 is 9.52 Å². The summed E-state index contributed by atoms with van der Waals surface area (Å²) >= 11 is 0. The topological polar surface area (TPSA) is 46.3 Å². The molecule has 0 fully saturated rings. The van der Waals surface area contributed by atoms with Gasteiger partial charge in [0.05, 0.1) is 11.6 Å². The number of hydrogen-bond acceptors (Lipinski definition) is 3. The van der Waals surface area contributed by atoms with Crippen LogP contribution in [-0.4, -0.2) is 15.7 Å². The van der Waals surface area contributed by atoms with Gasteiger partial charge in [0.15, 0.2) is 0 Å². The molecule has 0 bridgehead atoms. The highest BCUT2D eigenvalue weighted by Gasteiger charge is 2.07. The van der Waals surface area contributed by atoms with Gasteiger partial charge in [-0.05, 0) is 31.9 Å². The standard InChI is InChI=1S/C12H11NO2/c1-12(2,14)6-3-10-9-5-8-15-11(9)4-7-13-10/h4-5,7-8,14H,1-2H3. The molecule has 2 heterocycles. The summed E-state index contributed by atoms with van der Waals surface area (Å²) in [5, 5.41) is 10.3. The largest absolute Gasteiger partial charge is 0.464 e. The number of aliphatic hydroxyl groups is 1. The second kappa shape index (κ2) is 3.41. The minimum absolute atomic E-state index is 0.628. The first kappa shape index (κ1) is 9.75. The molecular formula is C12H11NO2. The fourth-order valence-electron chi connectivity index (χ4n) is 1.21. The molecule has 2 aromatic rings. The molecule has 76 valence electrons. The van der Waals surface area contributed by atoms with Crippen molar-refractivity contribution in [1.82, 2.24) is 4.98 Å². The number of nitrogens with zero attached hydrogens (tertiary/aromatic N) is 1. The molecule has 0 aliphatic rings. The highest BCUT2D eigenvalue weighted by Crippen LogP contribution is 2.16. The predicted octanol–water partition coefficient (Wildman–Crippen LogP) is 1.95. The van der Waals surface area contributed by atoms with E-state index in [0.29, 0.717) is 5.69 Å². The fourth-order valence-corrected chi connectivity index (χ4v) is 1.21. The number of aromatic nitrogens is 1. The highest BCUT2D eigenvalue weighted by atomic mass is 16.3. The summed E-state index contributed by atoms with van der Waals surface area (Å²) in [5.74, 6) is 5.56. The number of hydrogen-bond donors (Lipinski definition) is 1. The molecule has 0 atom stereocenters. The average Bonchev–Trinajstić information content (AvgIpc) is 2.61. The van der Waals surface area contributed by atoms with E-state index in [0.717, 1.165) is 11.0 Å². The summed E-state index contributed by atoms with van der Waals surface area (Å²) < 4.78 is 5.22. The van der Waals surface area contributed by atoms with E-state index in [1.807, 2.05) is 6.07 Å². The third kappa shape index (κ3) is 2.17. The maximum absolute atomic E-state index is 9.48. The van der Waals surface area contributed by atoms with Crippen molar-refractivity contribution in [2.45, 2.75) is 19.4 Å². The van der Waals surface area contributed by atoms with Crippen molar-refractivity contribution in [2.24, 2.45) is 0 Å². The Morgan fingerprint density at radius 3 is 2.93 bits per heavy atom. The summed E-state index contributed by atoms with van der Waals surface area (Å²) in [7, 11) is 0. The van der Waals surface area contributed by atoms with E-state index in [-0.39, 0.29) is 0 Å². The Kier molecular flexibility index (Phi) is 2.22. The van der Waals surface area contributed by atoms with Crippen LogP contribution in [0.1, 0.15) is 19.5 Å². The van der Waals surface area contributed by atoms with Crippen molar-refractivity contribution in [1.29, 1.82) is 0 Å². The quantitative estimate of drug-likeness (QED) is 0.662. The van der Waals surface area contributed by atoms with Crippen LogP contribution in [0.3, 0.4) is 0 Å². The number of rotatable bonds is 0. The highest BCUT2D eigenvalue weighted by molar-refractivity contribution is 5.81. The Morgan fingerprint density at radius 2 is 2.20 bits per heavy atom. The van der Waals surface area contributed by atoms with Gasteiger partial charge in [0.1, 0.15) is 16.9 Å². The van der Waals surface area contributed by atoms with E-state index < -0.39 is 5.60 Å². The van der Waals surface area contributed by atoms with E-state index >= 15 is 0 Å². The summed E-state index contributed by atoms with van der Waals surface area (Å²) in [6, 6.07) is 3.60. The summed E-state index contributed by atoms with van der Waals surface area (Å²) in [4.78, 5) is 4.14. The minimum Gasteiger partial charge on any atom is -0.464 e. The Balaban J connectivity index is 2.51. The van der Waals surface area contributed by atoms with Crippen molar-refractivity contribution in [3.05, 3.63) is 30.3 Å². The smallest absolute Gasteiger partial charge is 0.138 e. The monoisotopic (exact) mass is 201 g/mol. The molecule has 3 nitrogen and oxygen atoms in total. The lowest BCUT2D eigenvalue weighted by Crippen LogP contribution is -2.14. The van der Waals surface area contributed by atoms with Gasteiger partial charge in [-0.3, -0.25) is 0 Å². The zero-order valence-electron chi connectivity index (χ0n) is 8.61. The van der Waals surface area contributed by atoms with Gasteiger partial charge >= 0.3 is 0 Å². The van der Waals surface area contributed by atoms with Crippen molar-refractivity contribution in [3.8, 4) is 11.8 Å². The fraction of sp³-hybridized carbons (Fsp3) is 0.250. The molecule has 0 saturated carbocycles. The SMILES string of the molecule is CC(C)(O)C#Cc1nccc2occc12. The Labute approximate surface area is 87.7 Å². The van der Waals surface area contributed by atoms with Crippen LogP contribution in [0.25, 0.3) is 11.0 Å². The van der Waals surface area contributed by atoms with Gasteiger partial charge in [-0.1, -0.05) is 5.92 Å². The maximum atomic E-state index is 9.48. The number of pyridine rings is 1. The molecule has 1 N–H and O–H groups in total. The molecule has 0 saturated heterocycles. The molecule has 0 radical (unpaired) electrons. The zero-order valence-corrected chi connectivity index (χ0v) is 8.61. The van der Waals surface area contributed by atoms with E-state index in [1.54, 1.807) is 32.4 Å². The van der Waals surface area contributed by atoms with E-state index in [4.69, 9.17) is 4.42 Å². The average molecular weight is 201 g/mol. The van der Waals surface area contributed by atoms with E-state index in [1.165, 1.54) is 0 Å². The van der Waals surface area contributed by atoms with Crippen LogP contribution in [0.2, 0.25) is 0 Å². The van der Waals surface area contributed by atoms with Gasteiger partial charge in [-0.15, -0.1) is 0 Å². The normalized spacial score (nSPS) is 11.1. The Morgan fingerprint density at radius 1 is 1.40 bits per heavy atom. The van der Waals surface area contributed by atoms with Crippen LogP contribution in [-0.2, 0) is 0 Å². The molecule has 3 heteroatoms. The zero-order chi connectivity index (χ0) is 10.9. The maximum Gasteiger partial charge on any atom is 0.138 e. The van der Waals surface area contributed by atoms with Gasteiger partial charge in [-0.25, -0.2) is 4.98 Å². The van der Waals surface area contributed by atoms with Crippen LogP contribution in [0, 0.1) is 11.8 Å². The van der Waals surface area contributed by atoms with Crippen LogP contribution >= 0.6 is 0 Å². The van der Waals surface area contributed by atoms with Gasteiger partial charge in [-0.2, -0.15) is 0 Å². The molecule has 2 aromatic heterocycles. The Bertz CT molecular complexity index is 538. The van der Waals surface area contributed by atoms with Gasteiger partial charge in [0.25, 0.3) is 0 Å². The molecule has 0 unspecified atom stereocenters. The first-order valence-corrected chi connectivity index (χ1v) is 4.64. The lowest BCUT2D eigenvalue weighted by molar-refractivity contribution is 0.143. The molecule has 0 aromatic carbocycles. The van der Waals surface area contributed by atoms with Crippen molar-refractivity contribution < 1.29 is 9.52 Å². The van der Waals surface area contributed by atoms with Crippen molar-refractivity contribution >= 4 is 11.0 Å². The molecule has 15 heavy (non-hydrogen) atoms. The summed E-state index contributed by atoms with van der Waals surface area (Å²) in [6.07, 6.45) is 3.24. The minimum atomic E-state index is -1.01. The molecule has 0 spiro atoms. The third-order valence-corrected chi connectivity index (χ3v) is 1.87. The van der Waals surface area contributed by atoms with Crippen molar-refractivity contribution in [2.75, 3.05) is 0 Å². The van der Waals surface area contributed by atoms with E-state index in [2.05, 4.69) is 16.8 Å². The Hall–Kier alpha value is -1.79. The van der Waals surface area contributed by atoms with Gasteiger partial charge in [0.2, 0.25) is 0 Å². The second-order valence-electron chi connectivity index (χ2n) is 3.80. The summed E-state index contributed by atoms with van der Waals surface area (Å²) in [6.45, 7) is 3.27. The van der Waals surface area contributed by atoms with Gasteiger partial charge in [0, 0.05) is 6.20 Å². The number of furan rings is 1. The lowest BCUT2D eigenvalue weighted by atomic mass is 10.1. The lowest BCUT2D eigenvalue weighted by Gasteiger charge is -2.05.